The van der Waals surface area contributed by atoms with Gasteiger partial charge in [-0.05, 0) is 31.2 Å². The van der Waals surface area contributed by atoms with Gasteiger partial charge in [0.1, 0.15) is 0 Å². The number of thiophene rings is 1. The number of carbonyl (C=O) groups is 1. The summed E-state index contributed by atoms with van der Waals surface area (Å²) >= 11 is 3.23. The summed E-state index contributed by atoms with van der Waals surface area (Å²) < 4.78 is 1.16. The number of carbonyl (C=O) groups excluding carboxylic acids is 1. The van der Waals surface area contributed by atoms with Gasteiger partial charge < -0.3 is 0 Å². The summed E-state index contributed by atoms with van der Waals surface area (Å²) in [4.78, 5) is 12.5. The highest BCUT2D eigenvalue weighted by Gasteiger charge is 2.01. The van der Waals surface area contributed by atoms with Crippen LogP contribution in [-0.4, -0.2) is 6.29 Å². The summed E-state index contributed by atoms with van der Waals surface area (Å²) in [6, 6.07) is 12.2. The fourth-order valence-electron chi connectivity index (χ4n) is 1.25. The highest BCUT2D eigenvalue weighted by molar-refractivity contribution is 8.01. The zero-order chi connectivity index (χ0) is 10.7. The summed E-state index contributed by atoms with van der Waals surface area (Å²) in [5.74, 6) is 0. The van der Waals surface area contributed by atoms with E-state index in [0.717, 1.165) is 15.4 Å². The second kappa shape index (κ2) is 4.64. The van der Waals surface area contributed by atoms with E-state index in [9.17, 15) is 4.79 Å². The molecule has 0 fully saturated rings. The van der Waals surface area contributed by atoms with Crippen molar-refractivity contribution >= 4 is 29.4 Å². The van der Waals surface area contributed by atoms with Crippen LogP contribution in [0.1, 0.15) is 15.2 Å². The molecule has 0 radical (unpaired) electrons. The third kappa shape index (κ3) is 2.70. The van der Waals surface area contributed by atoms with Crippen molar-refractivity contribution in [3.05, 3.63) is 46.8 Å². The van der Waals surface area contributed by atoms with E-state index in [-0.39, 0.29) is 0 Å². The zero-order valence-electron chi connectivity index (χ0n) is 8.27. The lowest BCUT2D eigenvalue weighted by atomic mass is 10.2. The predicted molar refractivity (Wildman–Crippen MR) is 65.0 cm³/mol. The van der Waals surface area contributed by atoms with Gasteiger partial charge in [0, 0.05) is 4.90 Å². The van der Waals surface area contributed by atoms with Gasteiger partial charge in [0.15, 0.2) is 6.29 Å². The SMILES string of the molecule is Cc1cccc(Sc2ccc(C=O)s2)c1. The minimum Gasteiger partial charge on any atom is -0.297 e. The van der Waals surface area contributed by atoms with E-state index >= 15 is 0 Å². The molecule has 15 heavy (non-hydrogen) atoms. The Labute approximate surface area is 97.1 Å². The van der Waals surface area contributed by atoms with E-state index in [0.29, 0.717) is 0 Å². The predicted octanol–water partition coefficient (Wildman–Crippen LogP) is 4.02. The fourth-order valence-corrected chi connectivity index (χ4v) is 3.30. The first-order chi connectivity index (χ1) is 7.28. The van der Waals surface area contributed by atoms with Gasteiger partial charge in [-0.2, -0.15) is 0 Å². The van der Waals surface area contributed by atoms with Crippen LogP contribution in [0, 0.1) is 6.92 Å². The molecule has 1 heterocycles. The van der Waals surface area contributed by atoms with Crippen LogP contribution in [0.15, 0.2) is 45.5 Å². The Hall–Kier alpha value is -1.06. The molecule has 3 heteroatoms. The Morgan fingerprint density at radius 2 is 2.13 bits per heavy atom. The first kappa shape index (κ1) is 10.5. The highest BCUT2D eigenvalue weighted by Crippen LogP contribution is 2.33. The van der Waals surface area contributed by atoms with Crippen molar-refractivity contribution in [2.75, 3.05) is 0 Å². The third-order valence-electron chi connectivity index (χ3n) is 1.93. The maximum absolute atomic E-state index is 10.5. The summed E-state index contributed by atoms with van der Waals surface area (Å²) in [6.07, 6.45) is 0.894. The second-order valence-electron chi connectivity index (χ2n) is 3.19. The lowest BCUT2D eigenvalue weighted by molar-refractivity contribution is 0.112. The minimum absolute atomic E-state index is 0.783. The van der Waals surface area contributed by atoms with Crippen molar-refractivity contribution in [2.45, 2.75) is 16.0 Å². The van der Waals surface area contributed by atoms with Gasteiger partial charge in [-0.15, -0.1) is 11.3 Å². The Bertz CT molecular complexity index is 474. The van der Waals surface area contributed by atoms with Crippen molar-refractivity contribution in [1.82, 2.24) is 0 Å². The molecule has 2 rings (SSSR count). The van der Waals surface area contributed by atoms with Crippen LogP contribution in [0.4, 0.5) is 0 Å². The second-order valence-corrected chi connectivity index (χ2v) is 5.68. The van der Waals surface area contributed by atoms with E-state index in [1.165, 1.54) is 21.8 Å². The topological polar surface area (TPSA) is 17.1 Å². The molecule has 0 aliphatic heterocycles. The summed E-state index contributed by atoms with van der Waals surface area (Å²) in [5, 5.41) is 0. The largest absolute Gasteiger partial charge is 0.297 e. The van der Waals surface area contributed by atoms with E-state index in [4.69, 9.17) is 0 Å². The molecule has 0 bridgehead atoms. The molecule has 0 aliphatic carbocycles. The van der Waals surface area contributed by atoms with Crippen molar-refractivity contribution < 1.29 is 4.79 Å². The standard InChI is InChI=1S/C12H10OS2/c1-9-3-2-4-10(7-9)14-12-6-5-11(8-13)15-12/h2-8H,1H3. The molecule has 0 N–H and O–H groups in total. The summed E-state index contributed by atoms with van der Waals surface area (Å²) in [6.45, 7) is 2.08. The number of aryl methyl sites for hydroxylation is 1. The third-order valence-corrected chi connectivity index (χ3v) is 4.06. The Morgan fingerprint density at radius 1 is 1.27 bits per heavy atom. The van der Waals surface area contributed by atoms with Gasteiger partial charge in [0.05, 0.1) is 9.09 Å². The average Bonchev–Trinajstić information content (AvgIpc) is 2.65. The van der Waals surface area contributed by atoms with E-state index in [1.54, 1.807) is 11.8 Å². The lowest BCUT2D eigenvalue weighted by Gasteiger charge is -1.98. The summed E-state index contributed by atoms with van der Waals surface area (Å²) in [7, 11) is 0. The lowest BCUT2D eigenvalue weighted by Crippen LogP contribution is -1.72. The number of rotatable bonds is 3. The zero-order valence-corrected chi connectivity index (χ0v) is 9.90. The van der Waals surface area contributed by atoms with Crippen molar-refractivity contribution in [2.24, 2.45) is 0 Å². The van der Waals surface area contributed by atoms with Crippen molar-refractivity contribution in [1.29, 1.82) is 0 Å². The van der Waals surface area contributed by atoms with Crippen LogP contribution in [0.3, 0.4) is 0 Å². The molecule has 0 unspecified atom stereocenters. The minimum atomic E-state index is 0.783. The first-order valence-electron chi connectivity index (χ1n) is 4.57. The molecule has 0 spiro atoms. The fraction of sp³-hybridized carbons (Fsp3) is 0.0833. The number of benzene rings is 1. The van der Waals surface area contributed by atoms with Gasteiger partial charge >= 0.3 is 0 Å². The molecule has 1 aromatic carbocycles. The molecule has 0 saturated carbocycles. The maximum atomic E-state index is 10.5. The van der Waals surface area contributed by atoms with Crippen molar-refractivity contribution in [3.8, 4) is 0 Å². The van der Waals surface area contributed by atoms with Crippen LogP contribution < -0.4 is 0 Å². The smallest absolute Gasteiger partial charge is 0.160 e. The van der Waals surface area contributed by atoms with Crippen LogP contribution in [0.2, 0.25) is 0 Å². The molecule has 1 nitrogen and oxygen atoms in total. The molecule has 0 saturated heterocycles. The Balaban J connectivity index is 2.18. The highest BCUT2D eigenvalue weighted by atomic mass is 32.2. The number of hydrogen-bond acceptors (Lipinski definition) is 3. The Morgan fingerprint density at radius 3 is 2.80 bits per heavy atom. The number of hydrogen-bond donors (Lipinski definition) is 0. The van der Waals surface area contributed by atoms with Gasteiger partial charge in [-0.1, -0.05) is 29.5 Å². The van der Waals surface area contributed by atoms with Crippen LogP contribution >= 0.6 is 23.1 Å². The van der Waals surface area contributed by atoms with E-state index in [2.05, 4.69) is 25.1 Å². The van der Waals surface area contributed by atoms with Gasteiger partial charge in [-0.3, -0.25) is 4.79 Å². The van der Waals surface area contributed by atoms with Crippen LogP contribution in [0.25, 0.3) is 0 Å². The average molecular weight is 234 g/mol. The Kier molecular flexibility index (Phi) is 3.23. The van der Waals surface area contributed by atoms with Crippen molar-refractivity contribution in [3.63, 3.8) is 0 Å². The molecule has 0 atom stereocenters. The van der Waals surface area contributed by atoms with Crippen LogP contribution in [0.5, 0.6) is 0 Å². The monoisotopic (exact) mass is 234 g/mol. The van der Waals surface area contributed by atoms with Gasteiger partial charge in [0.25, 0.3) is 0 Å². The molecule has 0 aliphatic rings. The molecule has 76 valence electrons. The van der Waals surface area contributed by atoms with Crippen LogP contribution in [-0.2, 0) is 0 Å². The van der Waals surface area contributed by atoms with E-state index in [1.807, 2.05) is 18.2 Å². The molecule has 1 aromatic heterocycles. The number of aldehydes is 1. The first-order valence-corrected chi connectivity index (χ1v) is 6.21. The molecular weight excluding hydrogens is 224 g/mol. The quantitative estimate of drug-likeness (QED) is 0.746. The molecular formula is C12H10OS2. The van der Waals surface area contributed by atoms with Gasteiger partial charge in [0.2, 0.25) is 0 Å². The maximum Gasteiger partial charge on any atom is 0.160 e. The normalized spacial score (nSPS) is 10.2. The van der Waals surface area contributed by atoms with Gasteiger partial charge in [-0.25, -0.2) is 0 Å². The summed E-state index contributed by atoms with van der Waals surface area (Å²) in [5.41, 5.74) is 1.26. The molecule has 2 aromatic rings. The van der Waals surface area contributed by atoms with E-state index < -0.39 is 0 Å². The molecule has 0 amide bonds.